The van der Waals surface area contributed by atoms with Gasteiger partial charge in [0.05, 0.1) is 47.9 Å². The summed E-state index contributed by atoms with van der Waals surface area (Å²) in [5, 5.41) is 27.3. The van der Waals surface area contributed by atoms with Gasteiger partial charge in [-0.3, -0.25) is 4.79 Å². The first-order chi connectivity index (χ1) is 22.4. The number of aliphatic imine (C=N–C) groups is 3. The summed E-state index contributed by atoms with van der Waals surface area (Å²) in [6, 6.07) is 0. The highest BCUT2D eigenvalue weighted by Gasteiger charge is 2.59. The number of aliphatic hydroxyl groups excluding tert-OH is 1. The summed E-state index contributed by atoms with van der Waals surface area (Å²) in [5.74, 6) is -2.53. The predicted molar refractivity (Wildman–Crippen MR) is 180 cm³/mol. The number of nitrogens with one attached hydrogen (secondary N) is 1. The molecular formula is C37H40N4O6. The lowest BCUT2D eigenvalue weighted by atomic mass is 9.83. The van der Waals surface area contributed by atoms with Crippen molar-refractivity contribution in [3.63, 3.8) is 0 Å². The minimum atomic E-state index is -2.52. The number of fused-ring (bicyclic) bond motifs is 5. The quantitative estimate of drug-likeness (QED) is 0.304. The number of allylic oxidation sites excluding steroid dienone is 11. The van der Waals surface area contributed by atoms with Crippen molar-refractivity contribution in [1.29, 1.82) is 0 Å². The number of aliphatic hydroxyl groups is 2. The minimum absolute atomic E-state index is 0.104. The van der Waals surface area contributed by atoms with Crippen molar-refractivity contribution < 1.29 is 29.3 Å². The van der Waals surface area contributed by atoms with Crippen LogP contribution in [0.2, 0.25) is 0 Å². The van der Waals surface area contributed by atoms with E-state index in [9.17, 15) is 19.8 Å². The average molecular weight is 637 g/mol. The Hall–Kier alpha value is -4.83. The molecule has 5 heterocycles. The van der Waals surface area contributed by atoms with E-state index in [1.165, 1.54) is 0 Å². The Balaban J connectivity index is 1.67. The molecule has 0 aromatic carbocycles. The number of rotatable bonds is 7. The first-order valence-electron chi connectivity index (χ1n) is 16.0. The molecule has 0 amide bonds. The molecule has 10 nitrogen and oxygen atoms in total. The molecule has 1 unspecified atom stereocenters. The minimum Gasteiger partial charge on any atom is -0.507 e. The zero-order valence-electron chi connectivity index (χ0n) is 27.9. The highest BCUT2D eigenvalue weighted by atomic mass is 16.5. The summed E-state index contributed by atoms with van der Waals surface area (Å²) in [5.41, 5.74) is 7.44. The van der Waals surface area contributed by atoms with E-state index < -0.39 is 17.3 Å². The summed E-state index contributed by atoms with van der Waals surface area (Å²) in [7, 11) is 1.16. The largest absolute Gasteiger partial charge is 0.507 e. The van der Waals surface area contributed by atoms with Crippen LogP contribution in [0.15, 0.2) is 119 Å². The zero-order chi connectivity index (χ0) is 33.9. The van der Waals surface area contributed by atoms with Crippen LogP contribution in [0.1, 0.15) is 60.8 Å². The second-order valence-electron chi connectivity index (χ2n) is 12.4. The summed E-state index contributed by atoms with van der Waals surface area (Å²) in [6.45, 7) is 16.0. The van der Waals surface area contributed by atoms with Crippen LogP contribution in [0.5, 0.6) is 0 Å². The average Bonchev–Trinajstić information content (AvgIpc) is 3.76. The van der Waals surface area contributed by atoms with E-state index in [0.29, 0.717) is 23.4 Å². The van der Waals surface area contributed by atoms with E-state index in [0.717, 1.165) is 64.3 Å². The summed E-state index contributed by atoms with van der Waals surface area (Å²) < 4.78 is 10.3. The lowest BCUT2D eigenvalue weighted by Gasteiger charge is -2.26. The Bertz CT molecular complexity index is 1900. The third-order valence-corrected chi connectivity index (χ3v) is 9.95. The molecule has 6 rings (SSSR count). The fraction of sp³-hybridized carbons (Fsp3) is 0.378. The highest BCUT2D eigenvalue weighted by Crippen LogP contribution is 2.50. The molecule has 1 aliphatic carbocycles. The molecule has 0 aromatic heterocycles. The van der Waals surface area contributed by atoms with Crippen LogP contribution in [0.3, 0.4) is 0 Å². The van der Waals surface area contributed by atoms with Crippen LogP contribution in [0, 0.1) is 11.8 Å². The molecule has 0 aromatic rings. The molecule has 5 aliphatic heterocycles. The maximum absolute atomic E-state index is 13.4. The third-order valence-electron chi connectivity index (χ3n) is 9.95. The second kappa shape index (κ2) is 11.8. The lowest BCUT2D eigenvalue weighted by Crippen LogP contribution is -2.44. The van der Waals surface area contributed by atoms with E-state index in [4.69, 9.17) is 24.5 Å². The number of methoxy groups -OCH3 is 1. The summed E-state index contributed by atoms with van der Waals surface area (Å²) in [6.07, 6.45) is 8.81. The van der Waals surface area contributed by atoms with Crippen molar-refractivity contribution in [1.82, 2.24) is 5.32 Å². The number of ether oxygens (including phenoxy) is 2. The fourth-order valence-electron chi connectivity index (χ4n) is 7.31. The van der Waals surface area contributed by atoms with Crippen LogP contribution < -0.4 is 5.32 Å². The first-order valence-corrected chi connectivity index (χ1v) is 16.0. The van der Waals surface area contributed by atoms with E-state index in [-0.39, 0.29) is 47.7 Å². The molecule has 0 saturated carbocycles. The maximum atomic E-state index is 13.4. The van der Waals surface area contributed by atoms with Gasteiger partial charge in [-0.25, -0.2) is 19.8 Å². The second-order valence-corrected chi connectivity index (χ2v) is 12.4. The Morgan fingerprint density at radius 3 is 2.40 bits per heavy atom. The topological polar surface area (TPSA) is 142 Å². The molecule has 3 N–H and O–H groups in total. The maximum Gasteiger partial charge on any atom is 0.350 e. The van der Waals surface area contributed by atoms with Crippen LogP contribution in [0.25, 0.3) is 0 Å². The van der Waals surface area contributed by atoms with Gasteiger partial charge in [0.2, 0.25) is 5.60 Å². The van der Waals surface area contributed by atoms with Crippen LogP contribution >= 0.6 is 0 Å². The van der Waals surface area contributed by atoms with E-state index >= 15 is 0 Å². The van der Waals surface area contributed by atoms with E-state index in [1.807, 2.05) is 39.0 Å². The van der Waals surface area contributed by atoms with Crippen molar-refractivity contribution in [2.45, 2.75) is 66.4 Å². The van der Waals surface area contributed by atoms with Gasteiger partial charge in [-0.05, 0) is 81.1 Å². The standard InChI is InChI=1S/C37H40N4O6/c1-9-21-17(4)24-14-26-19(6)23(12-13-30(42)47-11-3)33(40-26)32-34-31(35(43)37(32,45)36(44)46-8)20(7)27(41-34)16-29-22(10-2)18(5)25(39-29)15-28(21)38-24/h9,14-16,19,23,40,43,45H,1,10-13H2,2-8H3/t19-,23?,37-/m0/s1. The van der Waals surface area contributed by atoms with Gasteiger partial charge in [0, 0.05) is 46.4 Å². The van der Waals surface area contributed by atoms with Gasteiger partial charge in [0.1, 0.15) is 0 Å². The van der Waals surface area contributed by atoms with Crippen molar-refractivity contribution >= 4 is 29.1 Å². The van der Waals surface area contributed by atoms with Gasteiger partial charge < -0.3 is 25.0 Å². The van der Waals surface area contributed by atoms with Gasteiger partial charge in [0.25, 0.3) is 0 Å². The number of esters is 2. The van der Waals surface area contributed by atoms with Crippen molar-refractivity contribution in [3.05, 3.63) is 104 Å². The van der Waals surface area contributed by atoms with Gasteiger partial charge in [-0.15, -0.1) is 0 Å². The van der Waals surface area contributed by atoms with Gasteiger partial charge in [-0.2, -0.15) is 0 Å². The Labute approximate surface area is 274 Å². The Morgan fingerprint density at radius 2 is 1.74 bits per heavy atom. The molecule has 47 heavy (non-hydrogen) atoms. The number of hydrogen-bond acceptors (Lipinski definition) is 10. The fourth-order valence-corrected chi connectivity index (χ4v) is 7.31. The highest BCUT2D eigenvalue weighted by molar-refractivity contribution is 6.26. The first kappa shape index (κ1) is 32.1. The molecule has 0 spiro atoms. The molecule has 244 valence electrons. The lowest BCUT2D eigenvalue weighted by molar-refractivity contribution is -0.156. The number of carbonyl (C=O) groups excluding carboxylic acids is 2. The monoisotopic (exact) mass is 636 g/mol. The molecular weight excluding hydrogens is 596 g/mol. The molecule has 1 fully saturated rings. The SMILES string of the molecule is C=CC1=C(C)C2=NC1=CC1=NC(=CC3=C(C)C4=C(O)[C@](O)(C(=O)OC)C(=C5NC(=C2)[C@@H](C)C5CCC(=O)OCC)C4=N3)C(CC)=C1C. The zero-order valence-corrected chi connectivity index (χ0v) is 27.9. The molecule has 6 aliphatic rings. The summed E-state index contributed by atoms with van der Waals surface area (Å²) in [4.78, 5) is 40.9. The normalized spacial score (nSPS) is 26.3. The number of nitrogens with zero attached hydrogens (tertiary/aromatic N) is 3. The Morgan fingerprint density at radius 1 is 1.04 bits per heavy atom. The number of hydrogen-bond donors (Lipinski definition) is 3. The predicted octanol–water partition coefficient (Wildman–Crippen LogP) is 5.70. The van der Waals surface area contributed by atoms with Crippen LogP contribution in [-0.2, 0) is 19.1 Å². The van der Waals surface area contributed by atoms with Gasteiger partial charge in [-0.1, -0.05) is 26.5 Å². The van der Waals surface area contributed by atoms with E-state index in [2.05, 4.69) is 18.8 Å². The van der Waals surface area contributed by atoms with E-state index in [1.54, 1.807) is 19.9 Å². The van der Waals surface area contributed by atoms with Crippen molar-refractivity contribution in [3.8, 4) is 0 Å². The number of carbonyl (C=O) groups is 2. The molecule has 8 bridgehead atoms. The molecule has 1 saturated heterocycles. The third kappa shape index (κ3) is 4.76. The molecule has 3 atom stereocenters. The smallest absolute Gasteiger partial charge is 0.350 e. The van der Waals surface area contributed by atoms with Gasteiger partial charge >= 0.3 is 11.9 Å². The Kier molecular flexibility index (Phi) is 8.04. The van der Waals surface area contributed by atoms with Crippen molar-refractivity contribution in [2.75, 3.05) is 13.7 Å². The summed E-state index contributed by atoms with van der Waals surface area (Å²) >= 11 is 0. The van der Waals surface area contributed by atoms with Crippen molar-refractivity contribution in [2.24, 2.45) is 26.8 Å². The van der Waals surface area contributed by atoms with Crippen LogP contribution in [0.4, 0.5) is 0 Å². The van der Waals surface area contributed by atoms with Gasteiger partial charge in [0.15, 0.2) is 5.76 Å². The molecule has 10 heteroatoms. The molecule has 0 radical (unpaired) electrons. The van der Waals surface area contributed by atoms with Crippen LogP contribution in [-0.4, -0.2) is 58.6 Å².